The van der Waals surface area contributed by atoms with Gasteiger partial charge >= 0.3 is 0 Å². The third kappa shape index (κ3) is 3.82. The lowest BCUT2D eigenvalue weighted by molar-refractivity contribution is -0.121. The van der Waals surface area contributed by atoms with Crippen LogP contribution in [0.3, 0.4) is 0 Å². The van der Waals surface area contributed by atoms with E-state index >= 15 is 0 Å². The Morgan fingerprint density at radius 2 is 2.05 bits per heavy atom. The number of amides is 1. The number of carbonyl (C=O) groups is 1. The first-order chi connectivity index (χ1) is 9.72. The lowest BCUT2D eigenvalue weighted by Crippen LogP contribution is -2.24. The van der Waals surface area contributed by atoms with Crippen molar-refractivity contribution in [1.82, 2.24) is 5.32 Å². The van der Waals surface area contributed by atoms with E-state index in [2.05, 4.69) is 16.8 Å². The Morgan fingerprint density at radius 1 is 1.30 bits per heavy atom. The van der Waals surface area contributed by atoms with Crippen LogP contribution in [0.4, 0.5) is 0 Å². The summed E-state index contributed by atoms with van der Waals surface area (Å²) in [4.78, 5) is 12.5. The molecule has 1 amide bonds. The van der Waals surface area contributed by atoms with E-state index in [-0.39, 0.29) is 5.91 Å². The topological polar surface area (TPSA) is 64.3 Å². The Kier molecular flexibility index (Phi) is 5.15. The highest BCUT2D eigenvalue weighted by Crippen LogP contribution is 2.27. The molecule has 0 aliphatic rings. The van der Waals surface area contributed by atoms with Gasteiger partial charge in [0.05, 0.1) is 13.7 Å². The van der Waals surface area contributed by atoms with Gasteiger partial charge in [-0.25, -0.2) is 0 Å². The fourth-order valence-electron chi connectivity index (χ4n) is 1.81. The van der Waals surface area contributed by atoms with E-state index in [1.54, 1.807) is 18.4 Å². The van der Waals surface area contributed by atoms with Crippen LogP contribution in [0.15, 0.2) is 35.7 Å². The normalized spacial score (nSPS) is 10.3. The molecule has 5 heteroatoms. The average Bonchev–Trinajstić information content (AvgIpc) is 2.94. The van der Waals surface area contributed by atoms with Gasteiger partial charge in [-0.3, -0.25) is 4.79 Å². The summed E-state index contributed by atoms with van der Waals surface area (Å²) in [7, 11) is 1.65. The third-order valence-electron chi connectivity index (χ3n) is 2.91. The zero-order chi connectivity index (χ0) is 14.4. The van der Waals surface area contributed by atoms with Gasteiger partial charge in [-0.1, -0.05) is 12.1 Å². The largest absolute Gasteiger partial charge is 0.497 e. The molecule has 0 aliphatic carbocycles. The summed E-state index contributed by atoms with van der Waals surface area (Å²) >= 11 is 1.64. The Balaban J connectivity index is 1.99. The molecular weight excluding hydrogens is 272 g/mol. The monoisotopic (exact) mass is 290 g/mol. The van der Waals surface area contributed by atoms with Gasteiger partial charge in [0.15, 0.2) is 0 Å². The van der Waals surface area contributed by atoms with Crippen LogP contribution in [0.5, 0.6) is 5.75 Å². The smallest absolute Gasteiger partial charge is 0.221 e. The maximum absolute atomic E-state index is 11.4. The third-order valence-corrected chi connectivity index (χ3v) is 3.85. The predicted molar refractivity (Wildman–Crippen MR) is 81.8 cm³/mol. The standard InChI is InChI=1S/C15H18N2O2S/c1-19-13-4-2-11(3-5-13)12-8-14(20-10-12)9-17-15(18)6-7-16/h2-5,8,10H,6-7,9,16H2,1H3,(H,17,18). The van der Waals surface area contributed by atoms with Crippen molar-refractivity contribution in [2.45, 2.75) is 13.0 Å². The fourth-order valence-corrected chi connectivity index (χ4v) is 2.65. The number of ether oxygens (including phenoxy) is 1. The summed E-state index contributed by atoms with van der Waals surface area (Å²) < 4.78 is 5.14. The van der Waals surface area contributed by atoms with E-state index in [9.17, 15) is 4.79 Å². The Morgan fingerprint density at radius 3 is 2.70 bits per heavy atom. The number of hydrogen-bond donors (Lipinski definition) is 2. The molecule has 1 heterocycles. The second kappa shape index (κ2) is 7.07. The minimum Gasteiger partial charge on any atom is -0.497 e. The number of carbonyl (C=O) groups excluding carboxylic acids is 1. The SMILES string of the molecule is COc1ccc(-c2csc(CNC(=O)CCN)c2)cc1. The molecular formula is C15H18N2O2S. The number of hydrogen-bond acceptors (Lipinski definition) is 4. The van der Waals surface area contributed by atoms with Gasteiger partial charge < -0.3 is 15.8 Å². The van der Waals surface area contributed by atoms with Gasteiger partial charge in [0.2, 0.25) is 5.91 Å². The van der Waals surface area contributed by atoms with E-state index in [4.69, 9.17) is 10.5 Å². The van der Waals surface area contributed by atoms with E-state index in [0.717, 1.165) is 21.8 Å². The van der Waals surface area contributed by atoms with E-state index in [0.29, 0.717) is 19.5 Å². The summed E-state index contributed by atoms with van der Waals surface area (Å²) in [5, 5.41) is 4.94. The number of thiophene rings is 1. The summed E-state index contributed by atoms with van der Waals surface area (Å²) in [5.41, 5.74) is 7.63. The van der Waals surface area contributed by atoms with Gasteiger partial charge in [-0.2, -0.15) is 0 Å². The van der Waals surface area contributed by atoms with Gasteiger partial charge in [-0.05, 0) is 34.7 Å². The van der Waals surface area contributed by atoms with Crippen molar-refractivity contribution in [2.24, 2.45) is 5.73 Å². The van der Waals surface area contributed by atoms with Gasteiger partial charge in [0, 0.05) is 17.8 Å². The predicted octanol–water partition coefficient (Wildman–Crippen LogP) is 2.39. The van der Waals surface area contributed by atoms with Crippen molar-refractivity contribution in [3.63, 3.8) is 0 Å². The van der Waals surface area contributed by atoms with Gasteiger partial charge in [0.25, 0.3) is 0 Å². The minimum atomic E-state index is -0.00750. The zero-order valence-electron chi connectivity index (χ0n) is 11.4. The van der Waals surface area contributed by atoms with Crippen LogP contribution in [0.2, 0.25) is 0 Å². The molecule has 0 radical (unpaired) electrons. The van der Waals surface area contributed by atoms with Crippen LogP contribution in [0.1, 0.15) is 11.3 Å². The molecule has 2 aromatic rings. The highest BCUT2D eigenvalue weighted by atomic mass is 32.1. The lowest BCUT2D eigenvalue weighted by Gasteiger charge is -2.02. The number of benzene rings is 1. The second-order valence-electron chi connectivity index (χ2n) is 4.35. The van der Waals surface area contributed by atoms with E-state index in [1.165, 1.54) is 0 Å². The quantitative estimate of drug-likeness (QED) is 0.858. The van der Waals surface area contributed by atoms with Crippen molar-refractivity contribution in [3.05, 3.63) is 40.6 Å². The van der Waals surface area contributed by atoms with Crippen LogP contribution in [0, 0.1) is 0 Å². The first-order valence-corrected chi connectivity index (χ1v) is 7.29. The fraction of sp³-hybridized carbons (Fsp3) is 0.267. The Hall–Kier alpha value is -1.85. The van der Waals surface area contributed by atoms with Gasteiger partial charge in [-0.15, -0.1) is 11.3 Å². The molecule has 106 valence electrons. The molecule has 1 aromatic heterocycles. The summed E-state index contributed by atoms with van der Waals surface area (Å²) in [6.45, 7) is 0.938. The van der Waals surface area contributed by atoms with Gasteiger partial charge in [0.1, 0.15) is 5.75 Å². The average molecular weight is 290 g/mol. The molecule has 4 nitrogen and oxygen atoms in total. The minimum absolute atomic E-state index is 0.00750. The van der Waals surface area contributed by atoms with Crippen molar-refractivity contribution in [2.75, 3.05) is 13.7 Å². The van der Waals surface area contributed by atoms with Crippen LogP contribution in [0.25, 0.3) is 11.1 Å². The molecule has 20 heavy (non-hydrogen) atoms. The molecule has 0 aliphatic heterocycles. The molecule has 0 unspecified atom stereocenters. The second-order valence-corrected chi connectivity index (χ2v) is 5.34. The van der Waals surface area contributed by atoms with Crippen molar-refractivity contribution in [3.8, 4) is 16.9 Å². The number of rotatable bonds is 6. The summed E-state index contributed by atoms with van der Waals surface area (Å²) in [6.07, 6.45) is 0.372. The number of nitrogens with one attached hydrogen (secondary N) is 1. The Labute approximate surface area is 122 Å². The molecule has 0 fully saturated rings. The molecule has 0 bridgehead atoms. The highest BCUT2D eigenvalue weighted by molar-refractivity contribution is 7.10. The molecule has 1 aromatic carbocycles. The zero-order valence-corrected chi connectivity index (χ0v) is 12.2. The molecule has 0 atom stereocenters. The summed E-state index contributed by atoms with van der Waals surface area (Å²) in [5.74, 6) is 0.838. The van der Waals surface area contributed by atoms with Crippen LogP contribution >= 0.6 is 11.3 Å². The van der Waals surface area contributed by atoms with Crippen molar-refractivity contribution < 1.29 is 9.53 Å². The molecule has 0 saturated heterocycles. The van der Waals surface area contributed by atoms with Crippen molar-refractivity contribution >= 4 is 17.2 Å². The van der Waals surface area contributed by atoms with E-state index in [1.807, 2.05) is 24.3 Å². The molecule has 3 N–H and O–H groups in total. The highest BCUT2D eigenvalue weighted by Gasteiger charge is 2.05. The first-order valence-electron chi connectivity index (χ1n) is 6.41. The maximum atomic E-state index is 11.4. The Bertz CT molecular complexity index is 564. The van der Waals surface area contributed by atoms with Crippen LogP contribution < -0.4 is 15.8 Å². The maximum Gasteiger partial charge on any atom is 0.221 e. The van der Waals surface area contributed by atoms with Crippen LogP contribution in [-0.2, 0) is 11.3 Å². The molecule has 0 saturated carbocycles. The number of methoxy groups -OCH3 is 1. The molecule has 2 rings (SSSR count). The lowest BCUT2D eigenvalue weighted by atomic mass is 10.1. The van der Waals surface area contributed by atoms with E-state index < -0.39 is 0 Å². The molecule has 0 spiro atoms. The first kappa shape index (κ1) is 14.6. The number of nitrogens with two attached hydrogens (primary N) is 1. The summed E-state index contributed by atoms with van der Waals surface area (Å²) in [6, 6.07) is 10.0. The van der Waals surface area contributed by atoms with Crippen LogP contribution in [-0.4, -0.2) is 19.6 Å². The van der Waals surface area contributed by atoms with Crippen molar-refractivity contribution in [1.29, 1.82) is 0 Å².